The Bertz CT molecular complexity index is 341. The molecule has 0 saturated carbocycles. The van der Waals surface area contributed by atoms with Gasteiger partial charge in [-0.05, 0) is 52.8 Å². The van der Waals surface area contributed by atoms with E-state index in [1.165, 1.54) is 0 Å². The molecule has 0 unspecified atom stereocenters. The fourth-order valence-electron chi connectivity index (χ4n) is 0.959. The summed E-state index contributed by atoms with van der Waals surface area (Å²) in [6.45, 7) is 1.88. The van der Waals surface area contributed by atoms with E-state index in [2.05, 4.69) is 28.7 Å². The molecule has 0 heterocycles. The summed E-state index contributed by atoms with van der Waals surface area (Å²) in [7, 11) is 0. The third-order valence-corrected chi connectivity index (χ3v) is 2.69. The van der Waals surface area contributed by atoms with Gasteiger partial charge in [0.1, 0.15) is 0 Å². The van der Waals surface area contributed by atoms with Gasteiger partial charge in [-0.25, -0.2) is 0 Å². The second-order valence-electron chi connectivity index (χ2n) is 2.53. The molecule has 62 valence electrons. The van der Waals surface area contributed by atoms with Gasteiger partial charge in [0.15, 0.2) is 0 Å². The van der Waals surface area contributed by atoms with Crippen molar-refractivity contribution in [3.8, 4) is 6.07 Å². The molecule has 0 spiro atoms. The first-order valence-corrected chi connectivity index (χ1v) is 4.57. The highest BCUT2D eigenvalue weighted by atomic mass is 127. The molecule has 1 rings (SSSR count). The van der Waals surface area contributed by atoms with Crippen molar-refractivity contribution >= 4 is 22.6 Å². The van der Waals surface area contributed by atoms with Crippen LogP contribution in [0.2, 0.25) is 0 Å². The average molecular weight is 273 g/mol. The van der Waals surface area contributed by atoms with Crippen LogP contribution in [0.3, 0.4) is 0 Å². The maximum absolute atomic E-state index is 8.92. The fraction of sp³-hybridized carbons (Fsp3) is 0.222. The molecule has 3 heteroatoms. The molecule has 0 atom stereocenters. The third-order valence-electron chi connectivity index (χ3n) is 1.68. The smallest absolute Gasteiger partial charge is 0.0994 e. The van der Waals surface area contributed by atoms with E-state index in [9.17, 15) is 0 Å². The van der Waals surface area contributed by atoms with Gasteiger partial charge in [0, 0.05) is 3.57 Å². The number of benzene rings is 1. The molecule has 0 saturated heterocycles. The van der Waals surface area contributed by atoms with Crippen LogP contribution in [-0.4, -0.2) is 5.11 Å². The molecule has 0 aliphatic rings. The molecule has 0 aliphatic heterocycles. The van der Waals surface area contributed by atoms with Crippen molar-refractivity contribution in [2.45, 2.75) is 13.5 Å². The maximum Gasteiger partial charge on any atom is 0.0994 e. The highest BCUT2D eigenvalue weighted by molar-refractivity contribution is 14.1. The Labute approximate surface area is 85.0 Å². The second-order valence-corrected chi connectivity index (χ2v) is 3.69. The maximum atomic E-state index is 8.92. The fourth-order valence-corrected chi connectivity index (χ4v) is 1.75. The van der Waals surface area contributed by atoms with E-state index >= 15 is 0 Å². The zero-order chi connectivity index (χ0) is 9.14. The lowest BCUT2D eigenvalue weighted by Gasteiger charge is -2.03. The normalized spacial score (nSPS) is 9.50. The minimum atomic E-state index is -0.00671. The minimum Gasteiger partial charge on any atom is -0.392 e. The molecule has 0 radical (unpaired) electrons. The van der Waals surface area contributed by atoms with Gasteiger partial charge in [-0.1, -0.05) is 0 Å². The molecule has 0 fully saturated rings. The summed E-state index contributed by atoms with van der Waals surface area (Å²) >= 11 is 2.15. The van der Waals surface area contributed by atoms with Crippen LogP contribution < -0.4 is 0 Å². The monoisotopic (exact) mass is 273 g/mol. The number of rotatable bonds is 1. The first kappa shape index (κ1) is 9.49. The Kier molecular flexibility index (Phi) is 3.06. The predicted octanol–water partition coefficient (Wildman–Crippen LogP) is 1.96. The van der Waals surface area contributed by atoms with Crippen LogP contribution in [0.15, 0.2) is 12.1 Å². The largest absolute Gasteiger partial charge is 0.392 e. The molecule has 2 nitrogen and oxygen atoms in total. The van der Waals surface area contributed by atoms with Crippen LogP contribution in [-0.2, 0) is 6.61 Å². The van der Waals surface area contributed by atoms with Gasteiger partial charge < -0.3 is 5.11 Å². The van der Waals surface area contributed by atoms with Crippen LogP contribution in [0.4, 0.5) is 0 Å². The summed E-state index contributed by atoms with van der Waals surface area (Å²) in [6.07, 6.45) is 0. The summed E-state index contributed by atoms with van der Waals surface area (Å²) in [6, 6.07) is 5.72. The van der Waals surface area contributed by atoms with Crippen molar-refractivity contribution in [2.75, 3.05) is 0 Å². The Morgan fingerprint density at radius 3 is 2.75 bits per heavy atom. The molecule has 0 aromatic heterocycles. The molecule has 0 bridgehead atoms. The Morgan fingerprint density at radius 2 is 2.25 bits per heavy atom. The standard InChI is InChI=1S/C9H8INO/c1-6-2-9(10)8(5-12)3-7(6)4-11/h2-3,12H,5H2,1H3. The minimum absolute atomic E-state index is 0.00671. The molecular weight excluding hydrogens is 265 g/mol. The van der Waals surface area contributed by atoms with Gasteiger partial charge in [-0.2, -0.15) is 5.26 Å². The number of hydrogen-bond acceptors (Lipinski definition) is 2. The lowest BCUT2D eigenvalue weighted by atomic mass is 10.1. The highest BCUT2D eigenvalue weighted by Gasteiger charge is 2.03. The number of hydrogen-bond donors (Lipinski definition) is 1. The number of aliphatic hydroxyl groups excluding tert-OH is 1. The van der Waals surface area contributed by atoms with Crippen LogP contribution in [0, 0.1) is 21.8 Å². The van der Waals surface area contributed by atoms with Crippen molar-refractivity contribution in [1.29, 1.82) is 5.26 Å². The van der Waals surface area contributed by atoms with Crippen molar-refractivity contribution in [3.63, 3.8) is 0 Å². The van der Waals surface area contributed by atoms with Gasteiger partial charge in [-0.3, -0.25) is 0 Å². The summed E-state index contributed by atoms with van der Waals surface area (Å²) in [5.74, 6) is 0. The SMILES string of the molecule is Cc1cc(I)c(CO)cc1C#N. The Hall–Kier alpha value is -0.600. The Morgan fingerprint density at radius 1 is 1.58 bits per heavy atom. The third kappa shape index (κ3) is 1.76. The van der Waals surface area contributed by atoms with Gasteiger partial charge >= 0.3 is 0 Å². The number of aryl methyl sites for hydroxylation is 1. The average Bonchev–Trinajstić information content (AvgIpc) is 2.05. The van der Waals surface area contributed by atoms with E-state index in [1.807, 2.05) is 13.0 Å². The van der Waals surface area contributed by atoms with E-state index in [0.29, 0.717) is 5.56 Å². The van der Waals surface area contributed by atoms with E-state index in [1.54, 1.807) is 6.07 Å². The highest BCUT2D eigenvalue weighted by Crippen LogP contribution is 2.17. The van der Waals surface area contributed by atoms with Crippen LogP contribution in [0.25, 0.3) is 0 Å². The molecule has 12 heavy (non-hydrogen) atoms. The van der Waals surface area contributed by atoms with Crippen LogP contribution >= 0.6 is 22.6 Å². The van der Waals surface area contributed by atoms with Gasteiger partial charge in [0.05, 0.1) is 18.2 Å². The van der Waals surface area contributed by atoms with E-state index in [4.69, 9.17) is 10.4 Å². The van der Waals surface area contributed by atoms with E-state index in [-0.39, 0.29) is 6.61 Å². The molecule has 0 aliphatic carbocycles. The van der Waals surface area contributed by atoms with Crippen molar-refractivity contribution in [1.82, 2.24) is 0 Å². The van der Waals surface area contributed by atoms with Crippen molar-refractivity contribution < 1.29 is 5.11 Å². The number of halogens is 1. The molecule has 1 aromatic rings. The zero-order valence-electron chi connectivity index (χ0n) is 6.63. The first-order valence-electron chi connectivity index (χ1n) is 3.49. The van der Waals surface area contributed by atoms with Gasteiger partial charge in [-0.15, -0.1) is 0 Å². The van der Waals surface area contributed by atoms with Crippen LogP contribution in [0.5, 0.6) is 0 Å². The second kappa shape index (κ2) is 3.87. The molecular formula is C9H8INO. The predicted molar refractivity (Wildman–Crippen MR) is 54.5 cm³/mol. The van der Waals surface area contributed by atoms with Crippen LogP contribution in [0.1, 0.15) is 16.7 Å². The number of nitriles is 1. The summed E-state index contributed by atoms with van der Waals surface area (Å²) in [4.78, 5) is 0. The zero-order valence-corrected chi connectivity index (χ0v) is 8.79. The summed E-state index contributed by atoms with van der Waals surface area (Å²) in [5, 5.41) is 17.6. The first-order chi connectivity index (χ1) is 5.69. The van der Waals surface area contributed by atoms with Crippen molar-refractivity contribution in [3.05, 3.63) is 32.4 Å². The lowest BCUT2D eigenvalue weighted by molar-refractivity contribution is 0.281. The quantitative estimate of drug-likeness (QED) is 0.795. The number of aliphatic hydroxyl groups is 1. The molecule has 1 aromatic carbocycles. The summed E-state index contributed by atoms with van der Waals surface area (Å²) in [5.41, 5.74) is 2.41. The summed E-state index contributed by atoms with van der Waals surface area (Å²) < 4.78 is 1.01. The van der Waals surface area contributed by atoms with Gasteiger partial charge in [0.25, 0.3) is 0 Å². The molecule has 1 N–H and O–H groups in total. The number of nitrogens with zero attached hydrogens (tertiary/aromatic N) is 1. The van der Waals surface area contributed by atoms with Crippen molar-refractivity contribution in [2.24, 2.45) is 0 Å². The molecule has 0 amide bonds. The topological polar surface area (TPSA) is 44.0 Å². The van der Waals surface area contributed by atoms with Gasteiger partial charge in [0.2, 0.25) is 0 Å². The Balaban J connectivity index is 3.30. The lowest BCUT2D eigenvalue weighted by Crippen LogP contribution is -1.92. The van der Waals surface area contributed by atoms with E-state index < -0.39 is 0 Å². The van der Waals surface area contributed by atoms with E-state index in [0.717, 1.165) is 14.7 Å².